The fourth-order valence-corrected chi connectivity index (χ4v) is 1.67. The summed E-state index contributed by atoms with van der Waals surface area (Å²) in [5.74, 6) is -0.802. The van der Waals surface area contributed by atoms with E-state index >= 15 is 0 Å². The Labute approximate surface area is 128 Å². The number of phenols is 1. The molecule has 1 aromatic rings. The van der Waals surface area contributed by atoms with Crippen molar-refractivity contribution in [2.75, 3.05) is 12.4 Å². The quantitative estimate of drug-likeness (QED) is 0.582. The van der Waals surface area contributed by atoms with Crippen LogP contribution in [0.3, 0.4) is 0 Å². The topological polar surface area (TPSA) is 105 Å². The largest absolute Gasteiger partial charge is 0.508 e. The molecule has 1 rings (SSSR count). The van der Waals surface area contributed by atoms with Gasteiger partial charge in [0.2, 0.25) is 0 Å². The maximum absolute atomic E-state index is 11.7. The first-order chi connectivity index (χ1) is 10.1. The number of benzene rings is 1. The normalized spacial score (nSPS) is 12.4. The Morgan fingerprint density at radius 3 is 2.50 bits per heavy atom. The van der Waals surface area contributed by atoms with E-state index in [0.29, 0.717) is 5.69 Å². The summed E-state index contributed by atoms with van der Waals surface area (Å²) in [6, 6.07) is 4.13. The van der Waals surface area contributed by atoms with Crippen molar-refractivity contribution in [1.29, 1.82) is 0 Å². The van der Waals surface area contributed by atoms with Gasteiger partial charge in [0.1, 0.15) is 11.4 Å². The minimum atomic E-state index is -1.24. The summed E-state index contributed by atoms with van der Waals surface area (Å²) in [5, 5.41) is 22.2. The molecule has 1 atom stereocenters. The van der Waals surface area contributed by atoms with Crippen molar-refractivity contribution < 1.29 is 29.3 Å². The molecule has 7 nitrogen and oxygen atoms in total. The number of aromatic hydroxyl groups is 1. The summed E-state index contributed by atoms with van der Waals surface area (Å²) >= 11 is 0. The highest BCUT2D eigenvalue weighted by Gasteiger charge is 2.19. The molecule has 7 heteroatoms. The standard InChI is InChI=1S/C15H21NO6/c1-15(2,3)22-14(20)16-9-5-6-11(17)10(7-9)12(18)8-13(19)21-4/h5-7,12,17-18H,8H2,1-4H3,(H,16,20)/t12-/m0/s1. The minimum Gasteiger partial charge on any atom is -0.508 e. The molecule has 0 saturated heterocycles. The number of phenolic OH excluding ortho intramolecular Hbond substituents is 1. The molecule has 0 aromatic heterocycles. The molecule has 0 aliphatic carbocycles. The second-order valence-corrected chi connectivity index (χ2v) is 5.70. The van der Waals surface area contributed by atoms with Crippen LogP contribution < -0.4 is 5.32 Å². The highest BCUT2D eigenvalue weighted by Crippen LogP contribution is 2.29. The lowest BCUT2D eigenvalue weighted by molar-refractivity contribution is -0.142. The monoisotopic (exact) mass is 311 g/mol. The van der Waals surface area contributed by atoms with E-state index in [9.17, 15) is 19.8 Å². The molecule has 1 aromatic carbocycles. The lowest BCUT2D eigenvalue weighted by Crippen LogP contribution is -2.27. The van der Waals surface area contributed by atoms with Gasteiger partial charge in [-0.15, -0.1) is 0 Å². The summed E-state index contributed by atoms with van der Waals surface area (Å²) in [5.41, 5.74) is -0.209. The molecule has 0 aliphatic rings. The van der Waals surface area contributed by atoms with Gasteiger partial charge in [-0.05, 0) is 39.0 Å². The van der Waals surface area contributed by atoms with Gasteiger partial charge in [0.05, 0.1) is 19.6 Å². The van der Waals surface area contributed by atoms with Crippen molar-refractivity contribution in [1.82, 2.24) is 0 Å². The second-order valence-electron chi connectivity index (χ2n) is 5.70. The van der Waals surface area contributed by atoms with Crippen LogP contribution in [0.1, 0.15) is 38.9 Å². The van der Waals surface area contributed by atoms with Gasteiger partial charge in [-0.25, -0.2) is 4.79 Å². The average Bonchev–Trinajstić information content (AvgIpc) is 2.38. The molecule has 1 amide bonds. The van der Waals surface area contributed by atoms with Crippen LogP contribution in [0.25, 0.3) is 0 Å². The molecule has 0 unspecified atom stereocenters. The van der Waals surface area contributed by atoms with Crippen LogP contribution in [0, 0.1) is 0 Å². The maximum Gasteiger partial charge on any atom is 0.412 e. The van der Waals surface area contributed by atoms with Crippen molar-refractivity contribution in [2.24, 2.45) is 0 Å². The van der Waals surface area contributed by atoms with Crippen LogP contribution >= 0.6 is 0 Å². The van der Waals surface area contributed by atoms with Crippen molar-refractivity contribution >= 4 is 17.7 Å². The van der Waals surface area contributed by atoms with E-state index in [2.05, 4.69) is 10.1 Å². The van der Waals surface area contributed by atoms with Gasteiger partial charge in [0.25, 0.3) is 0 Å². The van der Waals surface area contributed by atoms with Crippen LogP contribution in [0.15, 0.2) is 18.2 Å². The molecule has 22 heavy (non-hydrogen) atoms. The number of amides is 1. The van der Waals surface area contributed by atoms with Crippen molar-refractivity contribution in [3.63, 3.8) is 0 Å². The number of nitrogens with one attached hydrogen (secondary N) is 1. The van der Waals surface area contributed by atoms with Gasteiger partial charge >= 0.3 is 12.1 Å². The smallest absolute Gasteiger partial charge is 0.412 e. The number of aliphatic hydroxyl groups is 1. The van der Waals surface area contributed by atoms with Gasteiger partial charge in [0, 0.05) is 11.3 Å². The number of carbonyl (C=O) groups excluding carboxylic acids is 2. The summed E-state index contributed by atoms with van der Waals surface area (Å²) in [6.07, 6.45) is -2.21. The average molecular weight is 311 g/mol. The van der Waals surface area contributed by atoms with E-state index in [1.165, 1.54) is 25.3 Å². The zero-order chi connectivity index (χ0) is 16.9. The van der Waals surface area contributed by atoms with E-state index in [0.717, 1.165) is 0 Å². The van der Waals surface area contributed by atoms with E-state index in [-0.39, 0.29) is 17.7 Å². The number of hydrogen-bond acceptors (Lipinski definition) is 6. The Hall–Kier alpha value is -2.28. The van der Waals surface area contributed by atoms with Crippen molar-refractivity contribution in [3.05, 3.63) is 23.8 Å². The fraction of sp³-hybridized carbons (Fsp3) is 0.467. The van der Waals surface area contributed by atoms with Crippen LogP contribution in [-0.2, 0) is 14.3 Å². The molecule has 122 valence electrons. The number of rotatable bonds is 4. The SMILES string of the molecule is COC(=O)C[C@H](O)c1cc(NC(=O)OC(C)(C)C)ccc1O. The number of carbonyl (C=O) groups is 2. The Morgan fingerprint density at radius 2 is 1.95 bits per heavy atom. The number of methoxy groups -OCH3 is 1. The van der Waals surface area contributed by atoms with Crippen LogP contribution in [0.4, 0.5) is 10.5 Å². The molecule has 0 radical (unpaired) electrons. The first-order valence-corrected chi connectivity index (χ1v) is 6.70. The zero-order valence-electron chi connectivity index (χ0n) is 13.0. The van der Waals surface area contributed by atoms with Gasteiger partial charge in [-0.3, -0.25) is 10.1 Å². The van der Waals surface area contributed by atoms with Gasteiger partial charge < -0.3 is 19.7 Å². The molecule has 0 spiro atoms. The fourth-order valence-electron chi connectivity index (χ4n) is 1.67. The van der Waals surface area contributed by atoms with E-state index in [4.69, 9.17) is 4.74 Å². The van der Waals surface area contributed by atoms with Gasteiger partial charge in [-0.1, -0.05) is 0 Å². The van der Waals surface area contributed by atoms with Gasteiger partial charge in [0.15, 0.2) is 0 Å². The van der Waals surface area contributed by atoms with Gasteiger partial charge in [-0.2, -0.15) is 0 Å². The Bertz CT molecular complexity index is 549. The van der Waals surface area contributed by atoms with E-state index < -0.39 is 23.8 Å². The summed E-state index contributed by atoms with van der Waals surface area (Å²) < 4.78 is 9.57. The van der Waals surface area contributed by atoms with Crippen LogP contribution in [0.2, 0.25) is 0 Å². The molecular weight excluding hydrogens is 290 g/mol. The highest BCUT2D eigenvalue weighted by atomic mass is 16.6. The third kappa shape index (κ3) is 5.61. The molecular formula is C15H21NO6. The summed E-state index contributed by atoms with van der Waals surface area (Å²) in [4.78, 5) is 22.9. The van der Waals surface area contributed by atoms with E-state index in [1.807, 2.05) is 0 Å². The molecule has 0 bridgehead atoms. The summed E-state index contributed by atoms with van der Waals surface area (Å²) in [7, 11) is 1.20. The molecule has 0 fully saturated rings. The molecule has 0 saturated carbocycles. The molecule has 3 N–H and O–H groups in total. The predicted molar refractivity (Wildman–Crippen MR) is 79.6 cm³/mol. The molecule has 0 heterocycles. The number of ether oxygens (including phenoxy) is 2. The lowest BCUT2D eigenvalue weighted by atomic mass is 10.0. The number of anilines is 1. The third-order valence-electron chi connectivity index (χ3n) is 2.62. The number of aliphatic hydroxyl groups excluding tert-OH is 1. The van der Waals surface area contributed by atoms with Crippen molar-refractivity contribution in [2.45, 2.75) is 38.9 Å². The second kappa shape index (κ2) is 7.13. The minimum absolute atomic E-state index is 0.110. The predicted octanol–water partition coefficient (Wildman–Crippen LogP) is 2.34. The maximum atomic E-state index is 11.7. The van der Waals surface area contributed by atoms with Crippen LogP contribution in [-0.4, -0.2) is 35.0 Å². The first kappa shape index (κ1) is 17.8. The Kier molecular flexibility index (Phi) is 5.76. The Balaban J connectivity index is 2.85. The van der Waals surface area contributed by atoms with Crippen LogP contribution in [0.5, 0.6) is 5.75 Å². The van der Waals surface area contributed by atoms with Crippen molar-refractivity contribution in [3.8, 4) is 5.75 Å². The summed E-state index contributed by atoms with van der Waals surface area (Å²) in [6.45, 7) is 5.19. The highest BCUT2D eigenvalue weighted by molar-refractivity contribution is 5.85. The van der Waals surface area contributed by atoms with E-state index in [1.54, 1.807) is 20.8 Å². The Morgan fingerprint density at radius 1 is 1.32 bits per heavy atom. The number of hydrogen-bond donors (Lipinski definition) is 3. The lowest BCUT2D eigenvalue weighted by Gasteiger charge is -2.20. The number of esters is 1. The third-order valence-corrected chi connectivity index (χ3v) is 2.62. The molecule has 0 aliphatic heterocycles. The first-order valence-electron chi connectivity index (χ1n) is 6.70. The zero-order valence-corrected chi connectivity index (χ0v) is 13.0.